The van der Waals surface area contributed by atoms with Crippen LogP contribution in [-0.2, 0) is 28.0 Å². The summed E-state index contributed by atoms with van der Waals surface area (Å²) in [5.74, 6) is 0.634. The van der Waals surface area contributed by atoms with Crippen LogP contribution in [0, 0.1) is 13.8 Å². The lowest BCUT2D eigenvalue weighted by molar-refractivity contribution is 0.186. The number of thiazole rings is 1. The van der Waals surface area contributed by atoms with Crippen LogP contribution in [0.1, 0.15) is 21.7 Å². The molecule has 0 spiro atoms. The summed E-state index contributed by atoms with van der Waals surface area (Å²) in [7, 11) is -2.34. The first kappa shape index (κ1) is 26.2. The monoisotopic (exact) mass is 569 g/mol. The molecule has 0 aliphatic carbocycles. The van der Waals surface area contributed by atoms with Gasteiger partial charge in [0.25, 0.3) is 10.0 Å². The molecule has 3 aromatic carbocycles. The summed E-state index contributed by atoms with van der Waals surface area (Å²) in [5.41, 5.74) is 5.20. The Labute approximate surface area is 236 Å². The molecule has 6 aromatic rings. The maximum Gasteiger partial charge on any atom is 0.268 e. The number of pyridine rings is 1. The van der Waals surface area contributed by atoms with E-state index in [4.69, 9.17) is 14.5 Å². The molecule has 7 nitrogen and oxygen atoms in total. The van der Waals surface area contributed by atoms with Gasteiger partial charge in [-0.1, -0.05) is 48.0 Å². The van der Waals surface area contributed by atoms with E-state index < -0.39 is 10.0 Å². The van der Waals surface area contributed by atoms with E-state index in [0.29, 0.717) is 29.1 Å². The molecule has 0 bridgehead atoms. The van der Waals surface area contributed by atoms with Crippen molar-refractivity contribution in [2.75, 3.05) is 7.11 Å². The van der Waals surface area contributed by atoms with Gasteiger partial charge < -0.3 is 9.47 Å². The molecule has 9 heteroatoms. The van der Waals surface area contributed by atoms with Gasteiger partial charge in [-0.25, -0.2) is 17.4 Å². The minimum Gasteiger partial charge on any atom is -0.489 e. The van der Waals surface area contributed by atoms with Crippen LogP contribution in [0.25, 0.3) is 33.2 Å². The summed E-state index contributed by atoms with van der Waals surface area (Å²) >= 11 is 1.54. The van der Waals surface area contributed by atoms with Crippen LogP contribution in [0.3, 0.4) is 0 Å². The van der Waals surface area contributed by atoms with Gasteiger partial charge in [0.1, 0.15) is 18.1 Å². The fraction of sp³-hybridized carbons (Fsp3) is 0.161. The molecule has 40 heavy (non-hydrogen) atoms. The number of methoxy groups -OCH3 is 1. The molecule has 0 amide bonds. The van der Waals surface area contributed by atoms with Crippen LogP contribution in [0.4, 0.5) is 0 Å². The van der Waals surface area contributed by atoms with E-state index in [0.717, 1.165) is 38.2 Å². The van der Waals surface area contributed by atoms with Crippen molar-refractivity contribution in [2.24, 2.45) is 0 Å². The van der Waals surface area contributed by atoms with E-state index in [1.807, 2.05) is 55.6 Å². The maximum atomic E-state index is 14.1. The first-order chi connectivity index (χ1) is 19.4. The molecule has 202 valence electrons. The predicted molar refractivity (Wildman–Crippen MR) is 158 cm³/mol. The van der Waals surface area contributed by atoms with Crippen LogP contribution in [0.5, 0.6) is 5.75 Å². The van der Waals surface area contributed by atoms with E-state index in [1.165, 1.54) is 15.3 Å². The molecule has 3 heterocycles. The largest absolute Gasteiger partial charge is 0.489 e. The molecular formula is C31H27N3O4S2. The molecule has 0 N–H and O–H groups in total. The number of nitrogens with zero attached hydrogens (tertiary/aromatic N) is 3. The Hall–Kier alpha value is -4.05. The quantitative estimate of drug-likeness (QED) is 0.198. The van der Waals surface area contributed by atoms with Gasteiger partial charge >= 0.3 is 0 Å². The minimum absolute atomic E-state index is 0.203. The van der Waals surface area contributed by atoms with Gasteiger partial charge in [-0.15, -0.1) is 11.3 Å². The highest BCUT2D eigenvalue weighted by molar-refractivity contribution is 7.90. The molecule has 0 unspecified atom stereocenters. The number of hydrogen-bond donors (Lipinski definition) is 0. The minimum atomic E-state index is -3.96. The number of aromatic nitrogens is 3. The second-order valence-corrected chi connectivity index (χ2v) is 12.4. The molecule has 0 radical (unpaired) electrons. The Kier molecular flexibility index (Phi) is 6.87. The third-order valence-electron chi connectivity index (χ3n) is 6.79. The Balaban J connectivity index is 1.62. The van der Waals surface area contributed by atoms with Crippen molar-refractivity contribution < 1.29 is 17.9 Å². The fourth-order valence-electron chi connectivity index (χ4n) is 4.90. The Morgan fingerprint density at radius 1 is 0.925 bits per heavy atom. The first-order valence-electron chi connectivity index (χ1n) is 12.7. The SMILES string of the molecule is COCc1c(-c2csc(C)n2)ncc2c1c1cc(OCc3ccccc3)ccc1n2S(=O)(=O)c1ccc(C)cc1. The van der Waals surface area contributed by atoms with Crippen LogP contribution in [-0.4, -0.2) is 29.5 Å². The van der Waals surface area contributed by atoms with E-state index in [9.17, 15) is 8.42 Å². The normalized spacial score (nSPS) is 11.9. The predicted octanol–water partition coefficient (Wildman–Crippen LogP) is 6.89. The zero-order valence-electron chi connectivity index (χ0n) is 22.3. The smallest absolute Gasteiger partial charge is 0.268 e. The molecule has 3 aromatic heterocycles. The lowest BCUT2D eigenvalue weighted by Crippen LogP contribution is -2.13. The Bertz CT molecular complexity index is 1940. The number of hydrogen-bond acceptors (Lipinski definition) is 7. The number of fused-ring (bicyclic) bond motifs is 3. The number of aryl methyl sites for hydroxylation is 2. The van der Waals surface area contributed by atoms with Crippen molar-refractivity contribution in [1.82, 2.24) is 13.9 Å². The van der Waals surface area contributed by atoms with Crippen molar-refractivity contribution in [3.63, 3.8) is 0 Å². The second kappa shape index (κ2) is 10.5. The number of benzene rings is 3. The van der Waals surface area contributed by atoms with Crippen molar-refractivity contribution >= 4 is 43.2 Å². The van der Waals surface area contributed by atoms with E-state index in [-0.39, 0.29) is 11.5 Å². The number of rotatable bonds is 8. The van der Waals surface area contributed by atoms with Gasteiger partial charge in [-0.05, 0) is 49.7 Å². The zero-order chi connectivity index (χ0) is 27.9. The van der Waals surface area contributed by atoms with Gasteiger partial charge in [0.05, 0.1) is 39.4 Å². The Morgan fingerprint density at radius 3 is 2.40 bits per heavy atom. The molecule has 6 rings (SSSR count). The molecule has 0 aliphatic heterocycles. The number of ether oxygens (including phenoxy) is 2. The topological polar surface area (TPSA) is 83.3 Å². The Morgan fingerprint density at radius 2 is 1.70 bits per heavy atom. The summed E-state index contributed by atoms with van der Waals surface area (Å²) in [6.07, 6.45) is 1.62. The highest BCUT2D eigenvalue weighted by Gasteiger charge is 2.27. The van der Waals surface area contributed by atoms with Gasteiger partial charge in [0.15, 0.2) is 0 Å². The highest BCUT2D eigenvalue weighted by atomic mass is 32.2. The van der Waals surface area contributed by atoms with Gasteiger partial charge in [0.2, 0.25) is 0 Å². The first-order valence-corrected chi connectivity index (χ1v) is 15.1. The zero-order valence-corrected chi connectivity index (χ0v) is 23.9. The summed E-state index contributed by atoms with van der Waals surface area (Å²) in [4.78, 5) is 9.59. The molecule has 0 atom stereocenters. The van der Waals surface area contributed by atoms with E-state index in [2.05, 4.69) is 4.98 Å². The summed E-state index contributed by atoms with van der Waals surface area (Å²) in [6, 6.07) is 22.3. The summed E-state index contributed by atoms with van der Waals surface area (Å²) in [6.45, 7) is 4.49. The third kappa shape index (κ3) is 4.66. The van der Waals surface area contributed by atoms with E-state index >= 15 is 0 Å². The van der Waals surface area contributed by atoms with Crippen molar-refractivity contribution in [3.8, 4) is 17.1 Å². The average molecular weight is 570 g/mol. The molecule has 0 saturated heterocycles. The van der Waals surface area contributed by atoms with Gasteiger partial charge in [-0.3, -0.25) is 4.98 Å². The van der Waals surface area contributed by atoms with Crippen LogP contribution >= 0.6 is 11.3 Å². The van der Waals surface area contributed by atoms with Crippen LogP contribution in [0.2, 0.25) is 0 Å². The lowest BCUT2D eigenvalue weighted by atomic mass is 10.0. The summed E-state index contributed by atoms with van der Waals surface area (Å²) < 4.78 is 41.4. The lowest BCUT2D eigenvalue weighted by Gasteiger charge is -2.11. The molecule has 0 aliphatic rings. The molecule has 0 saturated carbocycles. The second-order valence-electron chi connectivity index (χ2n) is 9.57. The summed E-state index contributed by atoms with van der Waals surface area (Å²) in [5, 5.41) is 4.35. The van der Waals surface area contributed by atoms with E-state index in [1.54, 1.807) is 49.7 Å². The third-order valence-corrected chi connectivity index (χ3v) is 9.31. The van der Waals surface area contributed by atoms with Crippen LogP contribution < -0.4 is 4.74 Å². The standard InChI is InChI=1S/C31H27N3O4S2/c1-20-9-12-24(13-10-20)40(35,36)34-28-14-11-23(38-17-22-7-5-4-6-8-22)15-25(28)30-26(18-37-3)31(32-16-29(30)34)27-19-39-21(2)33-27/h4-16,19H,17-18H2,1-3H3. The maximum absolute atomic E-state index is 14.1. The highest BCUT2D eigenvalue weighted by Crippen LogP contribution is 2.39. The van der Waals surface area contributed by atoms with Crippen molar-refractivity contribution in [1.29, 1.82) is 0 Å². The van der Waals surface area contributed by atoms with Crippen molar-refractivity contribution in [3.05, 3.63) is 106 Å². The van der Waals surface area contributed by atoms with Gasteiger partial charge in [0, 0.05) is 28.8 Å². The van der Waals surface area contributed by atoms with Crippen molar-refractivity contribution in [2.45, 2.75) is 32.0 Å². The average Bonchev–Trinajstić information content (AvgIpc) is 3.54. The molecule has 0 fully saturated rings. The van der Waals surface area contributed by atoms with Gasteiger partial charge in [-0.2, -0.15) is 0 Å². The van der Waals surface area contributed by atoms with Crippen LogP contribution in [0.15, 0.2) is 89.3 Å². The fourth-order valence-corrected chi connectivity index (χ4v) is 7.00. The molecular weight excluding hydrogens is 542 g/mol.